The number of anilines is 2. The molecule has 37 heavy (non-hydrogen) atoms. The van der Waals surface area contributed by atoms with Gasteiger partial charge in [0.05, 0.1) is 40.2 Å². The molecule has 4 aromatic heterocycles. The van der Waals surface area contributed by atoms with Crippen LogP contribution in [0.5, 0.6) is 0 Å². The number of H-pyrrole nitrogens is 1. The van der Waals surface area contributed by atoms with E-state index < -0.39 is 12.1 Å². The SMILES string of the molecule is Cc1ccc(Nc2ccc3c(c2)ncn3-c2ccc(CC=O)c(-c3cn[nH]c3[C@H](C)C(F)(F)F)n2)nn1. The molecule has 2 N–H and O–H groups in total. The van der Waals surface area contributed by atoms with Crippen molar-refractivity contribution in [3.8, 4) is 17.1 Å². The molecule has 1 aromatic carbocycles. The lowest BCUT2D eigenvalue weighted by atomic mass is 9.98. The van der Waals surface area contributed by atoms with E-state index in [0.717, 1.165) is 23.8 Å². The summed E-state index contributed by atoms with van der Waals surface area (Å²) in [6, 6.07) is 12.6. The van der Waals surface area contributed by atoms with Gasteiger partial charge in [-0.15, -0.1) is 5.10 Å². The highest BCUT2D eigenvalue weighted by Crippen LogP contribution is 2.38. The van der Waals surface area contributed by atoms with Crippen molar-refractivity contribution in [2.45, 2.75) is 32.4 Å². The van der Waals surface area contributed by atoms with Gasteiger partial charge in [-0.1, -0.05) is 6.07 Å². The van der Waals surface area contributed by atoms with Gasteiger partial charge in [-0.05, 0) is 55.8 Å². The molecular weight excluding hydrogens is 485 g/mol. The number of rotatable bonds is 7. The van der Waals surface area contributed by atoms with Crippen molar-refractivity contribution in [2.75, 3.05) is 5.32 Å². The van der Waals surface area contributed by atoms with E-state index in [1.165, 1.54) is 6.20 Å². The smallest absolute Gasteiger partial charge is 0.339 e. The lowest BCUT2D eigenvalue weighted by molar-refractivity contribution is -0.147. The number of imidazole rings is 1. The normalized spacial score (nSPS) is 12.6. The van der Waals surface area contributed by atoms with Crippen LogP contribution in [0.15, 0.2) is 55.0 Å². The Morgan fingerprint density at radius 2 is 1.97 bits per heavy atom. The van der Waals surface area contributed by atoms with Crippen LogP contribution in [0.25, 0.3) is 28.1 Å². The van der Waals surface area contributed by atoms with E-state index in [1.807, 2.05) is 37.3 Å². The number of hydrogen-bond donors (Lipinski definition) is 2. The highest BCUT2D eigenvalue weighted by atomic mass is 19.4. The zero-order valence-electron chi connectivity index (χ0n) is 19.8. The van der Waals surface area contributed by atoms with Gasteiger partial charge in [-0.3, -0.25) is 9.67 Å². The number of nitrogens with zero attached hydrogens (tertiary/aromatic N) is 6. The van der Waals surface area contributed by atoms with Crippen molar-refractivity contribution in [2.24, 2.45) is 0 Å². The number of pyridine rings is 1. The molecule has 0 aliphatic carbocycles. The first kappa shape index (κ1) is 24.1. The van der Waals surface area contributed by atoms with Gasteiger partial charge in [-0.2, -0.15) is 23.4 Å². The number of aryl methyl sites for hydroxylation is 1. The molecule has 0 aliphatic rings. The Bertz CT molecular complexity index is 1570. The van der Waals surface area contributed by atoms with Crippen LogP contribution in [0.2, 0.25) is 0 Å². The van der Waals surface area contributed by atoms with Crippen LogP contribution < -0.4 is 5.32 Å². The van der Waals surface area contributed by atoms with Gasteiger partial charge in [0.15, 0.2) is 5.82 Å². The van der Waals surface area contributed by atoms with Crippen LogP contribution in [-0.2, 0) is 11.2 Å². The Labute approximate surface area is 208 Å². The monoisotopic (exact) mass is 506 g/mol. The van der Waals surface area contributed by atoms with E-state index >= 15 is 0 Å². The molecule has 0 unspecified atom stereocenters. The zero-order valence-corrected chi connectivity index (χ0v) is 19.8. The second kappa shape index (κ2) is 9.45. The number of aldehydes is 1. The maximum Gasteiger partial charge on any atom is 0.396 e. The predicted octanol–water partition coefficient (Wildman–Crippen LogP) is 5.06. The first-order valence-corrected chi connectivity index (χ1v) is 11.3. The number of halogens is 3. The molecule has 0 radical (unpaired) electrons. The van der Waals surface area contributed by atoms with Crippen LogP contribution in [0.4, 0.5) is 24.7 Å². The van der Waals surface area contributed by atoms with Crippen molar-refractivity contribution in [1.29, 1.82) is 0 Å². The van der Waals surface area contributed by atoms with Crippen LogP contribution in [0.3, 0.4) is 0 Å². The highest BCUT2D eigenvalue weighted by molar-refractivity contribution is 5.82. The van der Waals surface area contributed by atoms with Gasteiger partial charge in [0.2, 0.25) is 0 Å². The summed E-state index contributed by atoms with van der Waals surface area (Å²) in [6.45, 7) is 2.90. The average molecular weight is 506 g/mol. The summed E-state index contributed by atoms with van der Waals surface area (Å²) in [7, 11) is 0. The Morgan fingerprint density at radius 1 is 1.14 bits per heavy atom. The number of carbonyl (C=O) groups excluding carboxylic acids is 1. The summed E-state index contributed by atoms with van der Waals surface area (Å²) in [4.78, 5) is 20.4. The lowest BCUT2D eigenvalue weighted by Gasteiger charge is -2.17. The molecule has 0 bridgehead atoms. The summed E-state index contributed by atoms with van der Waals surface area (Å²) < 4.78 is 42.1. The Kier molecular flexibility index (Phi) is 6.15. The summed E-state index contributed by atoms with van der Waals surface area (Å²) in [5.74, 6) is -0.771. The molecule has 1 atom stereocenters. The van der Waals surface area contributed by atoms with Crippen molar-refractivity contribution in [3.05, 3.63) is 71.9 Å². The molecule has 4 heterocycles. The second-order valence-corrected chi connectivity index (χ2v) is 8.51. The zero-order chi connectivity index (χ0) is 26.2. The van der Waals surface area contributed by atoms with Crippen LogP contribution in [0.1, 0.15) is 29.8 Å². The number of fused-ring (bicyclic) bond motifs is 1. The van der Waals surface area contributed by atoms with Gasteiger partial charge in [0.25, 0.3) is 0 Å². The predicted molar refractivity (Wildman–Crippen MR) is 131 cm³/mol. The average Bonchev–Trinajstić information content (AvgIpc) is 3.52. The van der Waals surface area contributed by atoms with Crippen molar-refractivity contribution >= 4 is 28.8 Å². The maximum atomic E-state index is 13.5. The topological polar surface area (TPSA) is 114 Å². The standard InChI is InChI=1S/C25H21F3N8O/c1-14-3-7-21(34-33-14)31-17-5-6-20-19(11-17)29-13-36(20)22-8-4-16(9-10-37)24(32-22)18-12-30-35-23(18)15(2)25(26,27)28/h3-8,10-13,15H,9H2,1-2H3,(H,30,35)(H,31,34)/t15-/m0/s1. The minimum absolute atomic E-state index is 0.00472. The molecule has 5 rings (SSSR count). The summed E-state index contributed by atoms with van der Waals surface area (Å²) >= 11 is 0. The number of aromatic amines is 1. The Morgan fingerprint density at radius 3 is 2.70 bits per heavy atom. The number of hydrogen-bond acceptors (Lipinski definition) is 7. The van der Waals surface area contributed by atoms with E-state index in [4.69, 9.17) is 0 Å². The number of alkyl halides is 3. The fourth-order valence-corrected chi connectivity index (χ4v) is 3.96. The van der Waals surface area contributed by atoms with E-state index in [0.29, 0.717) is 29.0 Å². The van der Waals surface area contributed by atoms with Crippen molar-refractivity contribution < 1.29 is 18.0 Å². The molecule has 188 valence electrons. The second-order valence-electron chi connectivity index (χ2n) is 8.51. The molecular formula is C25H21F3N8O. The van der Waals surface area contributed by atoms with Crippen LogP contribution >= 0.6 is 0 Å². The minimum Gasteiger partial charge on any atom is -0.339 e. The molecule has 12 heteroatoms. The number of benzene rings is 1. The van der Waals surface area contributed by atoms with E-state index in [9.17, 15) is 18.0 Å². The van der Waals surface area contributed by atoms with Gasteiger partial charge < -0.3 is 10.1 Å². The van der Waals surface area contributed by atoms with Gasteiger partial charge in [0, 0.05) is 17.7 Å². The van der Waals surface area contributed by atoms with Gasteiger partial charge in [0.1, 0.15) is 18.4 Å². The van der Waals surface area contributed by atoms with Gasteiger partial charge in [-0.25, -0.2) is 9.97 Å². The number of nitrogens with one attached hydrogen (secondary N) is 2. The van der Waals surface area contributed by atoms with Gasteiger partial charge >= 0.3 is 6.18 Å². The first-order valence-electron chi connectivity index (χ1n) is 11.3. The fraction of sp³-hybridized carbons (Fsp3) is 0.200. The molecule has 5 aromatic rings. The van der Waals surface area contributed by atoms with E-state index in [-0.39, 0.29) is 23.4 Å². The van der Waals surface area contributed by atoms with Crippen molar-refractivity contribution in [3.63, 3.8) is 0 Å². The molecule has 0 saturated heterocycles. The molecule has 0 amide bonds. The van der Waals surface area contributed by atoms with E-state index in [1.54, 1.807) is 23.0 Å². The first-order chi connectivity index (χ1) is 17.7. The molecule has 0 saturated carbocycles. The van der Waals surface area contributed by atoms with Crippen molar-refractivity contribution in [1.82, 2.24) is 34.9 Å². The molecule has 0 spiro atoms. The highest BCUT2D eigenvalue weighted by Gasteiger charge is 2.39. The van der Waals surface area contributed by atoms with E-state index in [2.05, 4.69) is 35.7 Å². The number of aromatic nitrogens is 7. The minimum atomic E-state index is -4.47. The Balaban J connectivity index is 1.54. The van der Waals surface area contributed by atoms with Crippen LogP contribution in [-0.4, -0.2) is 47.4 Å². The molecule has 9 nitrogen and oxygen atoms in total. The third kappa shape index (κ3) is 4.77. The van der Waals surface area contributed by atoms with Crippen LogP contribution in [0, 0.1) is 6.92 Å². The summed E-state index contributed by atoms with van der Waals surface area (Å²) in [6.07, 6.45) is -0.904. The molecule has 0 aliphatic heterocycles. The fourth-order valence-electron chi connectivity index (χ4n) is 3.96. The Hall–Kier alpha value is -4.61. The number of carbonyl (C=O) groups is 1. The molecule has 0 fully saturated rings. The lowest BCUT2D eigenvalue weighted by Crippen LogP contribution is -2.19. The third-order valence-electron chi connectivity index (χ3n) is 5.98. The summed E-state index contributed by atoms with van der Waals surface area (Å²) in [5.41, 5.74) is 3.79. The third-order valence-corrected chi connectivity index (χ3v) is 5.98. The summed E-state index contributed by atoms with van der Waals surface area (Å²) in [5, 5.41) is 17.6. The largest absolute Gasteiger partial charge is 0.396 e. The maximum absolute atomic E-state index is 13.5. The quantitative estimate of drug-likeness (QED) is 0.297.